The predicted molar refractivity (Wildman–Crippen MR) is 118 cm³/mol. The minimum atomic E-state index is -3.26. The van der Waals surface area contributed by atoms with Gasteiger partial charge in [-0.25, -0.2) is 13.4 Å². The zero-order valence-electron chi connectivity index (χ0n) is 17.5. The lowest BCUT2D eigenvalue weighted by molar-refractivity contribution is 0.269. The van der Waals surface area contributed by atoms with E-state index in [1.807, 2.05) is 53.5 Å². The van der Waals surface area contributed by atoms with Gasteiger partial charge in [-0.2, -0.15) is 5.26 Å². The van der Waals surface area contributed by atoms with Gasteiger partial charge in [0.05, 0.1) is 23.5 Å². The molecule has 1 atom stereocenters. The zero-order valence-corrected chi connectivity index (χ0v) is 18.4. The van der Waals surface area contributed by atoms with E-state index in [-0.39, 0.29) is 0 Å². The van der Waals surface area contributed by atoms with Crippen LogP contribution in [0, 0.1) is 17.2 Å². The molecule has 1 fully saturated rings. The normalized spacial score (nSPS) is 17.2. The summed E-state index contributed by atoms with van der Waals surface area (Å²) >= 11 is 0. The molecule has 1 N–H and O–H groups in total. The van der Waals surface area contributed by atoms with E-state index < -0.39 is 15.3 Å². The highest BCUT2D eigenvalue weighted by atomic mass is 32.2. The molecule has 0 spiro atoms. The quantitative estimate of drug-likeness (QED) is 0.613. The van der Waals surface area contributed by atoms with Crippen LogP contribution in [0.15, 0.2) is 48.5 Å². The monoisotopic (exact) mass is 427 g/mol. The van der Waals surface area contributed by atoms with Crippen molar-refractivity contribution in [1.29, 1.82) is 5.26 Å². The highest BCUT2D eigenvalue weighted by Crippen LogP contribution is 2.24. The van der Waals surface area contributed by atoms with Gasteiger partial charge in [0.15, 0.2) is 0 Å². The number of nitrogens with zero attached hydrogens (tertiary/aromatic N) is 2. The van der Waals surface area contributed by atoms with Gasteiger partial charge in [-0.1, -0.05) is 24.3 Å². The molecule has 2 aromatic rings. The summed E-state index contributed by atoms with van der Waals surface area (Å²) in [4.78, 5) is 2.68. The van der Waals surface area contributed by atoms with Crippen molar-refractivity contribution >= 4 is 10.0 Å². The summed E-state index contributed by atoms with van der Waals surface area (Å²) in [6.07, 6.45) is 2.95. The Balaban J connectivity index is 1.39. The fourth-order valence-electron chi connectivity index (χ4n) is 3.48. The molecule has 0 saturated carbocycles. The summed E-state index contributed by atoms with van der Waals surface area (Å²) in [5.41, 5.74) is 2.81. The molecule has 0 amide bonds. The summed E-state index contributed by atoms with van der Waals surface area (Å²) in [5.74, 6) is 1.33. The van der Waals surface area contributed by atoms with Crippen LogP contribution in [0.5, 0.6) is 5.75 Å². The summed E-state index contributed by atoms with van der Waals surface area (Å²) in [6, 6.07) is 17.6. The largest absolute Gasteiger partial charge is 0.494 e. The minimum Gasteiger partial charge on any atom is -0.494 e. The van der Waals surface area contributed by atoms with Gasteiger partial charge >= 0.3 is 0 Å². The molecule has 1 aliphatic heterocycles. The molecule has 1 aliphatic rings. The van der Waals surface area contributed by atoms with E-state index in [2.05, 4.69) is 10.9 Å². The first-order chi connectivity index (χ1) is 14.4. The molecule has 0 unspecified atom stereocenters. The fraction of sp³-hybridized carbons (Fsp3) is 0.435. The number of ether oxygens (including phenoxy) is 1. The first-order valence-electron chi connectivity index (χ1n) is 10.4. The summed E-state index contributed by atoms with van der Waals surface area (Å²) in [6.45, 7) is 5.53. The lowest BCUT2D eigenvalue weighted by Gasteiger charge is -2.19. The summed E-state index contributed by atoms with van der Waals surface area (Å²) in [7, 11) is -3.26. The molecule has 0 bridgehead atoms. The Morgan fingerprint density at radius 3 is 2.37 bits per heavy atom. The highest BCUT2D eigenvalue weighted by molar-refractivity contribution is 7.90. The number of hydrazine groups is 1. The molecule has 0 aliphatic carbocycles. The van der Waals surface area contributed by atoms with Crippen LogP contribution in [0.25, 0.3) is 11.1 Å². The molecule has 160 valence electrons. The minimum absolute atomic E-state index is 0.423. The Labute approximate surface area is 179 Å². The van der Waals surface area contributed by atoms with E-state index in [0.717, 1.165) is 49.2 Å². The first kappa shape index (κ1) is 22.3. The van der Waals surface area contributed by atoms with Crippen molar-refractivity contribution in [2.75, 3.05) is 19.7 Å². The van der Waals surface area contributed by atoms with Crippen LogP contribution in [0.4, 0.5) is 0 Å². The maximum Gasteiger partial charge on any atom is 0.226 e. The second-order valence-corrected chi connectivity index (χ2v) is 10.2. The molecule has 7 heteroatoms. The molecule has 6 nitrogen and oxygen atoms in total. The lowest BCUT2D eigenvalue weighted by atomic mass is 10.0. The number of benzene rings is 2. The molecular weight excluding hydrogens is 398 g/mol. The Hall–Kier alpha value is -2.40. The first-order valence-corrected chi connectivity index (χ1v) is 11.9. The smallest absolute Gasteiger partial charge is 0.226 e. The average molecular weight is 428 g/mol. The van der Waals surface area contributed by atoms with Crippen LogP contribution < -0.4 is 9.57 Å². The number of nitrogens with one attached hydrogen (secondary N) is 1. The van der Waals surface area contributed by atoms with Gasteiger partial charge in [-0.3, -0.25) is 0 Å². The van der Waals surface area contributed by atoms with Crippen molar-refractivity contribution < 1.29 is 13.2 Å². The number of hydrogen-bond acceptors (Lipinski definition) is 5. The fourth-order valence-corrected chi connectivity index (χ4v) is 4.22. The highest BCUT2D eigenvalue weighted by Gasteiger charge is 2.26. The van der Waals surface area contributed by atoms with Crippen molar-refractivity contribution in [1.82, 2.24) is 9.84 Å². The number of rotatable bonds is 9. The maximum absolute atomic E-state index is 12.0. The SMILES string of the molecule is CC(C)S(=O)(=O)NN1CC[C@@H](CCCOc2ccc(-c3ccc(C#N)cc3)cc2)C1. The van der Waals surface area contributed by atoms with Gasteiger partial charge in [0.1, 0.15) is 5.75 Å². The van der Waals surface area contributed by atoms with E-state index in [9.17, 15) is 8.42 Å². The number of hydrogen-bond donors (Lipinski definition) is 1. The van der Waals surface area contributed by atoms with Crippen molar-refractivity contribution in [3.63, 3.8) is 0 Å². The zero-order chi connectivity index (χ0) is 21.6. The van der Waals surface area contributed by atoms with Gasteiger partial charge in [0.25, 0.3) is 0 Å². The van der Waals surface area contributed by atoms with Crippen LogP contribution in [0.1, 0.15) is 38.7 Å². The van der Waals surface area contributed by atoms with E-state index in [1.165, 1.54) is 0 Å². The Bertz CT molecular complexity index is 964. The standard InChI is InChI=1S/C23H29N3O3S/c1-18(2)30(27,28)25-26-14-13-20(17-26)4-3-15-29-23-11-9-22(10-12-23)21-7-5-19(16-24)6-8-21/h5-12,18,20,25H,3-4,13-15,17H2,1-2H3/t20-/m1/s1. The molecule has 3 rings (SSSR count). The van der Waals surface area contributed by atoms with Crippen LogP contribution >= 0.6 is 0 Å². The predicted octanol–water partition coefficient (Wildman–Crippen LogP) is 3.95. The molecule has 2 aromatic carbocycles. The summed E-state index contributed by atoms with van der Waals surface area (Å²) < 4.78 is 29.8. The van der Waals surface area contributed by atoms with Gasteiger partial charge in [-0.05, 0) is 74.4 Å². The topological polar surface area (TPSA) is 82.4 Å². The second kappa shape index (κ2) is 10.1. The van der Waals surface area contributed by atoms with E-state index in [0.29, 0.717) is 18.1 Å². The van der Waals surface area contributed by atoms with Crippen LogP contribution in [-0.4, -0.2) is 38.4 Å². The molecule has 0 radical (unpaired) electrons. The van der Waals surface area contributed by atoms with Crippen LogP contribution in [0.2, 0.25) is 0 Å². The van der Waals surface area contributed by atoms with Gasteiger partial charge in [-0.15, -0.1) is 4.83 Å². The Morgan fingerprint density at radius 1 is 1.13 bits per heavy atom. The van der Waals surface area contributed by atoms with Crippen molar-refractivity contribution in [2.24, 2.45) is 5.92 Å². The van der Waals surface area contributed by atoms with Crippen molar-refractivity contribution in [3.8, 4) is 22.9 Å². The Kier molecular flexibility index (Phi) is 7.48. The van der Waals surface area contributed by atoms with E-state index in [1.54, 1.807) is 13.8 Å². The third-order valence-corrected chi connectivity index (χ3v) is 7.14. The van der Waals surface area contributed by atoms with E-state index >= 15 is 0 Å². The molecular formula is C23H29N3O3S. The van der Waals surface area contributed by atoms with Crippen molar-refractivity contribution in [3.05, 3.63) is 54.1 Å². The van der Waals surface area contributed by atoms with Crippen LogP contribution in [-0.2, 0) is 10.0 Å². The van der Waals surface area contributed by atoms with Crippen LogP contribution in [0.3, 0.4) is 0 Å². The second-order valence-electron chi connectivity index (χ2n) is 7.99. The van der Waals surface area contributed by atoms with Gasteiger partial charge in [0, 0.05) is 13.1 Å². The number of nitriles is 1. The maximum atomic E-state index is 12.0. The third kappa shape index (κ3) is 6.05. The van der Waals surface area contributed by atoms with E-state index in [4.69, 9.17) is 10.00 Å². The molecule has 0 aromatic heterocycles. The number of sulfonamides is 1. The Morgan fingerprint density at radius 2 is 1.77 bits per heavy atom. The summed E-state index contributed by atoms with van der Waals surface area (Å²) in [5, 5.41) is 10.3. The molecule has 1 heterocycles. The molecule has 1 saturated heterocycles. The van der Waals surface area contributed by atoms with Gasteiger partial charge < -0.3 is 4.74 Å². The van der Waals surface area contributed by atoms with Gasteiger partial charge in [0.2, 0.25) is 10.0 Å². The lowest BCUT2D eigenvalue weighted by Crippen LogP contribution is -2.43. The third-order valence-electron chi connectivity index (χ3n) is 5.39. The average Bonchev–Trinajstić information content (AvgIpc) is 3.18. The van der Waals surface area contributed by atoms with Crippen molar-refractivity contribution in [2.45, 2.75) is 38.4 Å². The molecule has 30 heavy (non-hydrogen) atoms.